The topological polar surface area (TPSA) is 12.0 Å². The van der Waals surface area contributed by atoms with E-state index >= 15 is 0 Å². The number of halogens is 2. The SMILES string of the molecule is CC1Cc2c(Cl)ccc(Cl)c2N1. The molecule has 0 saturated heterocycles. The Balaban J connectivity index is 2.56. The molecule has 0 saturated carbocycles. The largest absolute Gasteiger partial charge is 0.381 e. The number of rotatable bonds is 0. The van der Waals surface area contributed by atoms with Crippen molar-refractivity contribution in [1.29, 1.82) is 0 Å². The quantitative estimate of drug-likeness (QED) is 0.680. The molecule has 0 bridgehead atoms. The van der Waals surface area contributed by atoms with Gasteiger partial charge in [0.2, 0.25) is 0 Å². The summed E-state index contributed by atoms with van der Waals surface area (Å²) in [4.78, 5) is 0. The molecule has 0 fully saturated rings. The monoisotopic (exact) mass is 201 g/mol. The van der Waals surface area contributed by atoms with E-state index in [1.165, 1.54) is 0 Å². The fourth-order valence-electron chi connectivity index (χ4n) is 1.55. The van der Waals surface area contributed by atoms with Gasteiger partial charge in [0.15, 0.2) is 0 Å². The first kappa shape index (κ1) is 8.21. The van der Waals surface area contributed by atoms with E-state index in [0.717, 1.165) is 27.7 Å². The Hall–Kier alpha value is -0.400. The summed E-state index contributed by atoms with van der Waals surface area (Å²) in [6.07, 6.45) is 0.967. The zero-order valence-electron chi connectivity index (χ0n) is 6.70. The van der Waals surface area contributed by atoms with Crippen LogP contribution in [0.3, 0.4) is 0 Å². The summed E-state index contributed by atoms with van der Waals surface area (Å²) < 4.78 is 0. The summed E-state index contributed by atoms with van der Waals surface area (Å²) in [7, 11) is 0. The van der Waals surface area contributed by atoms with Gasteiger partial charge in [-0.2, -0.15) is 0 Å². The second-order valence-corrected chi connectivity index (χ2v) is 3.95. The van der Waals surface area contributed by atoms with Crippen LogP contribution >= 0.6 is 23.2 Å². The van der Waals surface area contributed by atoms with Crippen LogP contribution in [0.2, 0.25) is 10.0 Å². The van der Waals surface area contributed by atoms with Crippen molar-refractivity contribution >= 4 is 28.9 Å². The fourth-order valence-corrected chi connectivity index (χ4v) is 2.02. The van der Waals surface area contributed by atoms with Gasteiger partial charge >= 0.3 is 0 Å². The maximum absolute atomic E-state index is 6.01. The van der Waals surface area contributed by atoms with Crippen LogP contribution in [0.5, 0.6) is 0 Å². The summed E-state index contributed by atoms with van der Waals surface area (Å²) in [5.74, 6) is 0. The number of benzene rings is 1. The Morgan fingerprint density at radius 1 is 1.33 bits per heavy atom. The smallest absolute Gasteiger partial charge is 0.0641 e. The van der Waals surface area contributed by atoms with Crippen LogP contribution in [0, 0.1) is 0 Å². The molecule has 1 N–H and O–H groups in total. The average Bonchev–Trinajstić information content (AvgIpc) is 2.41. The Kier molecular flexibility index (Phi) is 1.93. The van der Waals surface area contributed by atoms with Gasteiger partial charge in [0, 0.05) is 11.1 Å². The van der Waals surface area contributed by atoms with Gasteiger partial charge in [0.25, 0.3) is 0 Å². The minimum absolute atomic E-state index is 0.442. The summed E-state index contributed by atoms with van der Waals surface area (Å²) in [5.41, 5.74) is 2.16. The van der Waals surface area contributed by atoms with Crippen molar-refractivity contribution in [3.8, 4) is 0 Å². The van der Waals surface area contributed by atoms with E-state index in [4.69, 9.17) is 23.2 Å². The molecule has 64 valence electrons. The van der Waals surface area contributed by atoms with E-state index in [0.29, 0.717) is 6.04 Å². The first-order valence-corrected chi connectivity index (χ1v) is 4.67. The highest BCUT2D eigenvalue weighted by Crippen LogP contribution is 2.37. The lowest BCUT2D eigenvalue weighted by Gasteiger charge is -2.04. The molecule has 1 unspecified atom stereocenters. The van der Waals surface area contributed by atoms with E-state index in [1.807, 2.05) is 12.1 Å². The summed E-state index contributed by atoms with van der Waals surface area (Å²) in [6, 6.07) is 4.12. The Morgan fingerprint density at radius 3 is 2.67 bits per heavy atom. The average molecular weight is 202 g/mol. The lowest BCUT2D eigenvalue weighted by molar-refractivity contribution is 0.839. The van der Waals surface area contributed by atoms with Crippen LogP contribution in [0.15, 0.2) is 12.1 Å². The van der Waals surface area contributed by atoms with E-state index < -0.39 is 0 Å². The Morgan fingerprint density at radius 2 is 2.00 bits per heavy atom. The van der Waals surface area contributed by atoms with Gasteiger partial charge in [-0.05, 0) is 31.0 Å². The van der Waals surface area contributed by atoms with Crippen molar-refractivity contribution in [2.45, 2.75) is 19.4 Å². The molecule has 1 aliphatic heterocycles. The zero-order valence-corrected chi connectivity index (χ0v) is 8.21. The molecule has 0 aliphatic carbocycles. The van der Waals surface area contributed by atoms with Gasteiger partial charge in [-0.25, -0.2) is 0 Å². The first-order chi connectivity index (χ1) is 5.68. The van der Waals surface area contributed by atoms with Gasteiger partial charge in [0.1, 0.15) is 0 Å². The number of nitrogens with one attached hydrogen (secondary N) is 1. The molecule has 0 amide bonds. The molecule has 1 heterocycles. The predicted molar refractivity (Wildman–Crippen MR) is 53.3 cm³/mol. The lowest BCUT2D eigenvalue weighted by Crippen LogP contribution is -2.08. The third kappa shape index (κ3) is 1.17. The number of anilines is 1. The number of fused-ring (bicyclic) bond motifs is 1. The van der Waals surface area contributed by atoms with Crippen molar-refractivity contribution in [2.24, 2.45) is 0 Å². The molecular weight excluding hydrogens is 193 g/mol. The highest BCUT2D eigenvalue weighted by Gasteiger charge is 2.21. The normalized spacial score (nSPS) is 20.4. The van der Waals surface area contributed by atoms with Crippen molar-refractivity contribution in [2.75, 3.05) is 5.32 Å². The van der Waals surface area contributed by atoms with E-state index in [-0.39, 0.29) is 0 Å². The zero-order chi connectivity index (χ0) is 8.72. The highest BCUT2D eigenvalue weighted by molar-refractivity contribution is 6.36. The highest BCUT2D eigenvalue weighted by atomic mass is 35.5. The van der Waals surface area contributed by atoms with Crippen LogP contribution in [-0.2, 0) is 6.42 Å². The molecule has 0 aromatic heterocycles. The molecule has 0 spiro atoms. The van der Waals surface area contributed by atoms with Crippen molar-refractivity contribution < 1.29 is 0 Å². The molecule has 3 heteroatoms. The van der Waals surface area contributed by atoms with Crippen LogP contribution < -0.4 is 5.32 Å². The molecular formula is C9H9Cl2N. The minimum Gasteiger partial charge on any atom is -0.381 e. The van der Waals surface area contributed by atoms with Gasteiger partial charge in [0.05, 0.1) is 10.7 Å². The standard InChI is InChI=1S/C9H9Cl2N/c1-5-4-6-7(10)2-3-8(11)9(6)12-5/h2-3,5,12H,4H2,1H3. The Bertz CT molecular complexity index is 292. The molecule has 1 aliphatic rings. The summed E-state index contributed by atoms with van der Waals surface area (Å²) >= 11 is 12.0. The van der Waals surface area contributed by atoms with Crippen molar-refractivity contribution in [3.05, 3.63) is 27.7 Å². The van der Waals surface area contributed by atoms with Gasteiger partial charge in [-0.3, -0.25) is 0 Å². The van der Waals surface area contributed by atoms with Gasteiger partial charge in [-0.15, -0.1) is 0 Å². The predicted octanol–water partition coefficient (Wildman–Crippen LogP) is 3.35. The van der Waals surface area contributed by atoms with Gasteiger partial charge in [-0.1, -0.05) is 23.2 Å². The Labute approximate surface area is 81.7 Å². The lowest BCUT2D eigenvalue weighted by atomic mass is 10.1. The third-order valence-corrected chi connectivity index (χ3v) is 2.78. The maximum Gasteiger partial charge on any atom is 0.0641 e. The molecule has 12 heavy (non-hydrogen) atoms. The number of hydrogen-bond acceptors (Lipinski definition) is 1. The number of hydrogen-bond donors (Lipinski definition) is 1. The first-order valence-electron chi connectivity index (χ1n) is 3.92. The van der Waals surface area contributed by atoms with E-state index in [9.17, 15) is 0 Å². The summed E-state index contributed by atoms with van der Waals surface area (Å²) in [5, 5.41) is 4.86. The summed E-state index contributed by atoms with van der Waals surface area (Å²) in [6.45, 7) is 2.12. The van der Waals surface area contributed by atoms with Crippen LogP contribution in [0.1, 0.15) is 12.5 Å². The molecule has 0 radical (unpaired) electrons. The van der Waals surface area contributed by atoms with Crippen LogP contribution in [-0.4, -0.2) is 6.04 Å². The molecule has 1 aromatic carbocycles. The van der Waals surface area contributed by atoms with E-state index in [2.05, 4.69) is 12.2 Å². The maximum atomic E-state index is 6.01. The molecule has 1 aromatic rings. The molecule has 1 nitrogen and oxygen atoms in total. The fraction of sp³-hybridized carbons (Fsp3) is 0.333. The van der Waals surface area contributed by atoms with Crippen LogP contribution in [0.4, 0.5) is 5.69 Å². The van der Waals surface area contributed by atoms with Crippen molar-refractivity contribution in [1.82, 2.24) is 0 Å². The van der Waals surface area contributed by atoms with E-state index in [1.54, 1.807) is 0 Å². The van der Waals surface area contributed by atoms with Gasteiger partial charge < -0.3 is 5.32 Å². The van der Waals surface area contributed by atoms with Crippen molar-refractivity contribution in [3.63, 3.8) is 0 Å². The molecule has 1 atom stereocenters. The van der Waals surface area contributed by atoms with Crippen LogP contribution in [0.25, 0.3) is 0 Å². The third-order valence-electron chi connectivity index (χ3n) is 2.11. The second kappa shape index (κ2) is 2.82. The minimum atomic E-state index is 0.442. The molecule has 2 rings (SSSR count). The second-order valence-electron chi connectivity index (χ2n) is 3.13.